The quantitative estimate of drug-likeness (QED) is 0.701. The molecule has 1 N–H and O–H groups in total. The molecule has 1 aromatic carbocycles. The van der Waals surface area contributed by atoms with Gasteiger partial charge in [0.25, 0.3) is 0 Å². The summed E-state index contributed by atoms with van der Waals surface area (Å²) < 4.78 is 38.1. The molecule has 4 heteroatoms. The third kappa shape index (κ3) is 2.00. The Morgan fingerprint density at radius 1 is 1.33 bits per heavy atom. The fourth-order valence-electron chi connectivity index (χ4n) is 1.96. The summed E-state index contributed by atoms with van der Waals surface area (Å²) in [6.07, 6.45) is -3.54. The number of alkyl halides is 3. The normalized spacial score (nSPS) is 21.2. The maximum atomic E-state index is 12.7. The summed E-state index contributed by atoms with van der Waals surface area (Å²) in [6, 6.07) is 3.78. The molecule has 1 nitrogen and oxygen atoms in total. The standard InChI is InChI=1S/C11H12F3N/c1-7-2-3-8-4-5-15-10(9(8)6-7)11(12,13)14/h2-3,6,10,15H,4-5H2,1H3. The molecule has 0 saturated heterocycles. The second-order valence-electron chi connectivity index (χ2n) is 3.88. The molecular formula is C11H12F3N. The van der Waals surface area contributed by atoms with E-state index in [0.29, 0.717) is 18.5 Å². The van der Waals surface area contributed by atoms with Crippen LogP contribution in [0.1, 0.15) is 22.7 Å². The Labute approximate surface area is 86.3 Å². The van der Waals surface area contributed by atoms with E-state index in [1.807, 2.05) is 13.0 Å². The lowest BCUT2D eigenvalue weighted by Crippen LogP contribution is -2.39. The third-order valence-electron chi connectivity index (χ3n) is 2.68. The van der Waals surface area contributed by atoms with E-state index in [1.54, 1.807) is 12.1 Å². The third-order valence-corrected chi connectivity index (χ3v) is 2.68. The fourth-order valence-corrected chi connectivity index (χ4v) is 1.96. The Hall–Kier alpha value is -1.03. The molecule has 0 spiro atoms. The van der Waals surface area contributed by atoms with Gasteiger partial charge in [-0.25, -0.2) is 0 Å². The van der Waals surface area contributed by atoms with Crippen molar-refractivity contribution in [3.8, 4) is 0 Å². The molecule has 1 atom stereocenters. The zero-order chi connectivity index (χ0) is 11.1. The van der Waals surface area contributed by atoms with Crippen molar-refractivity contribution in [2.75, 3.05) is 6.54 Å². The molecule has 0 aliphatic carbocycles. The van der Waals surface area contributed by atoms with Crippen molar-refractivity contribution in [2.45, 2.75) is 25.6 Å². The van der Waals surface area contributed by atoms with Gasteiger partial charge in [0.1, 0.15) is 6.04 Å². The van der Waals surface area contributed by atoms with Gasteiger partial charge in [-0.1, -0.05) is 23.8 Å². The molecule has 0 radical (unpaired) electrons. The summed E-state index contributed by atoms with van der Waals surface area (Å²) in [5.41, 5.74) is 2.06. The first-order chi connectivity index (χ1) is 6.98. The Kier molecular flexibility index (Phi) is 2.46. The molecule has 82 valence electrons. The van der Waals surface area contributed by atoms with E-state index >= 15 is 0 Å². The Bertz CT molecular complexity index is 371. The van der Waals surface area contributed by atoms with Crippen LogP contribution < -0.4 is 5.32 Å². The minimum Gasteiger partial charge on any atom is -0.302 e. The van der Waals surface area contributed by atoms with Crippen LogP contribution >= 0.6 is 0 Å². The largest absolute Gasteiger partial charge is 0.407 e. The van der Waals surface area contributed by atoms with Gasteiger partial charge in [-0.15, -0.1) is 0 Å². The lowest BCUT2D eigenvalue weighted by molar-refractivity contribution is -0.158. The first-order valence-corrected chi connectivity index (χ1v) is 4.88. The highest BCUT2D eigenvalue weighted by molar-refractivity contribution is 5.36. The summed E-state index contributed by atoms with van der Waals surface area (Å²) in [5.74, 6) is 0. The van der Waals surface area contributed by atoms with Crippen LogP contribution in [0.15, 0.2) is 18.2 Å². The van der Waals surface area contributed by atoms with Crippen LogP contribution in [0.4, 0.5) is 13.2 Å². The van der Waals surface area contributed by atoms with E-state index in [9.17, 15) is 13.2 Å². The van der Waals surface area contributed by atoms with Crippen molar-refractivity contribution >= 4 is 0 Å². The zero-order valence-corrected chi connectivity index (χ0v) is 8.36. The molecule has 1 heterocycles. The minimum atomic E-state index is -4.21. The van der Waals surface area contributed by atoms with Gasteiger partial charge in [-0.05, 0) is 24.5 Å². The molecular weight excluding hydrogens is 203 g/mol. The monoisotopic (exact) mass is 215 g/mol. The van der Waals surface area contributed by atoms with E-state index in [-0.39, 0.29) is 0 Å². The van der Waals surface area contributed by atoms with Crippen molar-refractivity contribution in [2.24, 2.45) is 0 Å². The number of fused-ring (bicyclic) bond motifs is 1. The lowest BCUT2D eigenvalue weighted by Gasteiger charge is -2.28. The van der Waals surface area contributed by atoms with E-state index in [0.717, 1.165) is 11.1 Å². The first-order valence-electron chi connectivity index (χ1n) is 4.88. The van der Waals surface area contributed by atoms with Crippen LogP contribution in [-0.4, -0.2) is 12.7 Å². The number of benzene rings is 1. The van der Waals surface area contributed by atoms with Gasteiger partial charge in [0.2, 0.25) is 0 Å². The van der Waals surface area contributed by atoms with Gasteiger partial charge in [0.15, 0.2) is 0 Å². The van der Waals surface area contributed by atoms with Crippen molar-refractivity contribution in [3.05, 3.63) is 34.9 Å². The second kappa shape index (κ2) is 3.52. The number of nitrogens with one attached hydrogen (secondary N) is 1. The van der Waals surface area contributed by atoms with Gasteiger partial charge in [0, 0.05) is 6.54 Å². The van der Waals surface area contributed by atoms with Crippen molar-refractivity contribution in [3.63, 3.8) is 0 Å². The van der Waals surface area contributed by atoms with Crippen molar-refractivity contribution in [1.82, 2.24) is 5.32 Å². The minimum absolute atomic E-state index is 0.383. The molecule has 0 aromatic heterocycles. The summed E-state index contributed by atoms with van der Waals surface area (Å²) in [6.45, 7) is 2.20. The molecule has 1 aliphatic rings. The molecule has 2 rings (SSSR count). The number of hydrogen-bond acceptors (Lipinski definition) is 1. The van der Waals surface area contributed by atoms with E-state index in [4.69, 9.17) is 0 Å². The van der Waals surface area contributed by atoms with Crippen LogP contribution in [-0.2, 0) is 6.42 Å². The maximum Gasteiger partial charge on any atom is 0.407 e. The molecule has 1 aliphatic heterocycles. The molecule has 0 bridgehead atoms. The van der Waals surface area contributed by atoms with Crippen LogP contribution in [0.3, 0.4) is 0 Å². The summed E-state index contributed by atoms with van der Waals surface area (Å²) in [4.78, 5) is 0. The first kappa shape index (κ1) is 10.5. The molecule has 0 fully saturated rings. The van der Waals surface area contributed by atoms with E-state index in [1.165, 1.54) is 0 Å². The number of hydrogen-bond donors (Lipinski definition) is 1. The maximum absolute atomic E-state index is 12.7. The highest BCUT2D eigenvalue weighted by Gasteiger charge is 2.42. The van der Waals surface area contributed by atoms with Gasteiger partial charge < -0.3 is 5.32 Å². The Morgan fingerprint density at radius 2 is 2.07 bits per heavy atom. The lowest BCUT2D eigenvalue weighted by atomic mass is 9.92. The molecule has 15 heavy (non-hydrogen) atoms. The molecule has 1 aromatic rings. The van der Waals surface area contributed by atoms with Gasteiger partial charge >= 0.3 is 6.18 Å². The van der Waals surface area contributed by atoms with Gasteiger partial charge in [-0.3, -0.25) is 0 Å². The second-order valence-corrected chi connectivity index (χ2v) is 3.88. The van der Waals surface area contributed by atoms with Crippen LogP contribution in [0.25, 0.3) is 0 Å². The van der Waals surface area contributed by atoms with Crippen LogP contribution in [0.2, 0.25) is 0 Å². The summed E-state index contributed by atoms with van der Waals surface area (Å²) in [5, 5.41) is 2.52. The van der Waals surface area contributed by atoms with Crippen molar-refractivity contribution in [1.29, 1.82) is 0 Å². The van der Waals surface area contributed by atoms with Gasteiger partial charge in [-0.2, -0.15) is 13.2 Å². The number of aryl methyl sites for hydroxylation is 1. The highest BCUT2D eigenvalue weighted by Crippen LogP contribution is 2.36. The zero-order valence-electron chi connectivity index (χ0n) is 8.36. The summed E-state index contributed by atoms with van der Waals surface area (Å²) >= 11 is 0. The Morgan fingerprint density at radius 3 is 2.73 bits per heavy atom. The van der Waals surface area contributed by atoms with Crippen LogP contribution in [0, 0.1) is 6.92 Å². The highest BCUT2D eigenvalue weighted by atomic mass is 19.4. The molecule has 0 saturated carbocycles. The number of halogens is 3. The number of rotatable bonds is 0. The SMILES string of the molecule is Cc1ccc2c(c1)C(C(F)(F)F)NCC2. The predicted octanol–water partition coefficient (Wildman–Crippen LogP) is 2.74. The smallest absolute Gasteiger partial charge is 0.302 e. The van der Waals surface area contributed by atoms with Gasteiger partial charge in [0.05, 0.1) is 0 Å². The predicted molar refractivity (Wildman–Crippen MR) is 51.7 cm³/mol. The average molecular weight is 215 g/mol. The van der Waals surface area contributed by atoms with E-state index < -0.39 is 12.2 Å². The fraction of sp³-hybridized carbons (Fsp3) is 0.455. The topological polar surface area (TPSA) is 12.0 Å². The Balaban J connectivity index is 2.45. The van der Waals surface area contributed by atoms with Crippen LogP contribution in [0.5, 0.6) is 0 Å². The van der Waals surface area contributed by atoms with E-state index in [2.05, 4.69) is 5.32 Å². The summed E-state index contributed by atoms with van der Waals surface area (Å²) in [7, 11) is 0. The molecule has 0 amide bonds. The molecule has 1 unspecified atom stereocenters. The average Bonchev–Trinajstić information content (AvgIpc) is 2.15. The van der Waals surface area contributed by atoms with Crippen molar-refractivity contribution < 1.29 is 13.2 Å².